The Hall–Kier alpha value is -5.79. The molecule has 6 rings (SSSR count). The van der Waals surface area contributed by atoms with E-state index >= 15 is 0 Å². The Kier molecular flexibility index (Phi) is 27.4. The second-order valence-electron chi connectivity index (χ2n) is 26.6. The number of carbonyl (C=O) groups excluding carboxylic acids is 9. The molecule has 8 amide bonds. The molecule has 0 aromatic rings. The van der Waals surface area contributed by atoms with Crippen LogP contribution < -0.4 is 37.6 Å². The van der Waals surface area contributed by atoms with Crippen LogP contribution in [0.5, 0.6) is 0 Å². The number of hydrogen-bond acceptors (Lipinski definition) is 13. The molecule has 25 heteroatoms. The zero-order valence-electron chi connectivity index (χ0n) is 52.9. The number of Topliss-reactive ketones (excluding diaryl/α,β-unsaturated/α-hetero) is 2. The Labute approximate surface area is 510 Å². The van der Waals surface area contributed by atoms with E-state index in [-0.39, 0.29) is 78.3 Å². The topological polar surface area (TPSA) is 336 Å². The fourth-order valence-electron chi connectivity index (χ4n) is 13.0. The summed E-state index contributed by atoms with van der Waals surface area (Å²) in [6, 6.07) is -6.18. The van der Waals surface area contributed by atoms with Crippen molar-refractivity contribution in [2.45, 2.75) is 206 Å². The highest BCUT2D eigenvalue weighted by atomic mass is 32.2. The maximum atomic E-state index is 14.4. The molecule has 6 aliphatic rings. The summed E-state index contributed by atoms with van der Waals surface area (Å²) in [5, 5.41) is 23.4. The van der Waals surface area contributed by atoms with Crippen molar-refractivity contribution in [1.82, 2.24) is 50.3 Å². The first-order valence-electron chi connectivity index (χ1n) is 31.0. The minimum atomic E-state index is -3.73. The number of nitrogens with one attached hydrogen (secondary N) is 6. The third kappa shape index (κ3) is 19.1. The molecule has 2 saturated carbocycles. The van der Waals surface area contributed by atoms with Crippen LogP contribution in [0.4, 0.5) is 4.79 Å². The average Bonchev–Trinajstić information content (AvgIpc) is 1.54. The molecule has 11 atom stereocenters. The van der Waals surface area contributed by atoms with Gasteiger partial charge in [0.25, 0.3) is 28.5 Å². The third-order valence-electron chi connectivity index (χ3n) is 18.6. The number of urea groups is 1. The summed E-state index contributed by atoms with van der Waals surface area (Å²) >= 11 is 0. The molecular weight excluding hydrogens is 1130 g/mol. The van der Waals surface area contributed by atoms with Gasteiger partial charge >= 0.3 is 6.03 Å². The summed E-state index contributed by atoms with van der Waals surface area (Å²) in [6.07, 6.45) is 17.5. The number of piperidine rings is 2. The molecule has 2 aliphatic carbocycles. The van der Waals surface area contributed by atoms with Crippen LogP contribution in [0.25, 0.3) is 0 Å². The molecule has 486 valence electrons. The van der Waals surface area contributed by atoms with Crippen molar-refractivity contribution < 1.29 is 61.5 Å². The van der Waals surface area contributed by atoms with Crippen molar-refractivity contribution in [3.05, 3.63) is 25.3 Å². The number of fused-ring (bicyclic) bond motifs is 6. The van der Waals surface area contributed by atoms with Crippen molar-refractivity contribution in [1.29, 1.82) is 0 Å². The van der Waals surface area contributed by atoms with Crippen molar-refractivity contribution in [3.8, 4) is 0 Å². The summed E-state index contributed by atoms with van der Waals surface area (Å²) in [4.78, 5) is 131. The van der Waals surface area contributed by atoms with Gasteiger partial charge < -0.3 is 52.5 Å². The number of nitrogens with two attached hydrogens (primary N) is 1. The van der Waals surface area contributed by atoms with Crippen LogP contribution in [0.15, 0.2) is 25.3 Å². The highest BCUT2D eigenvalue weighted by Crippen LogP contribution is 2.66. The van der Waals surface area contributed by atoms with Gasteiger partial charge in [0.1, 0.15) is 18.1 Å². The third-order valence-corrected chi connectivity index (χ3v) is 20.5. The molecule has 0 aromatic heterocycles. The standard InChI is InChI=1S/C35H61N7O7S.C25H40N4O4.CH2O2/c1-10-20-36-31(45)29(43)24-18-16-14-12-11-13-15-17-19-25(32(46)42-21-23-27(35(23,5)6)28(42)30(44)37-24)38-33(47)39-26(34(2,3)4)22-41(9)50(48,49)40(7)8;1-4-14-27-23(32)21(30)18-13-11-9-7-5-6-8-10-12-17(26)24(33)29-15-16-19(25(16,2)3)20(29)22(31)28-18;2-1-3/h10,23-28H,1,11-22H2,2-9H3,(H,36,45)(H,37,44)(H2,38,39,47);4,16-20H,1,5-15,26H2,2-3H3,(H,27,32)(H,28,31);1H,(H,2,3)/t23-,24-,25-,26+,27-,28-;16-,17-,18-,19-,20-;/m00./s1. The number of nitrogens with zero attached hydrogens (tertiary/aromatic N) is 4. The first-order chi connectivity index (χ1) is 40.4. The number of rotatable bonds is 14. The number of ketones is 2. The summed E-state index contributed by atoms with van der Waals surface area (Å²) in [7, 11) is 0.604. The highest BCUT2D eigenvalue weighted by molar-refractivity contribution is 7.86. The smallest absolute Gasteiger partial charge is 0.315 e. The lowest BCUT2D eigenvalue weighted by molar-refractivity contribution is -0.144. The predicted molar refractivity (Wildman–Crippen MR) is 327 cm³/mol. The Balaban J connectivity index is 0.000000379. The van der Waals surface area contributed by atoms with E-state index in [9.17, 15) is 51.6 Å². The molecule has 0 unspecified atom stereocenters. The van der Waals surface area contributed by atoms with Gasteiger partial charge in [-0.3, -0.25) is 43.2 Å². The molecule has 0 aromatic carbocycles. The van der Waals surface area contributed by atoms with Crippen LogP contribution in [0.1, 0.15) is 164 Å². The Morgan fingerprint density at radius 1 is 0.674 bits per heavy atom. The zero-order valence-corrected chi connectivity index (χ0v) is 53.7. The maximum absolute atomic E-state index is 14.4. The van der Waals surface area contributed by atoms with E-state index in [0.717, 1.165) is 81.4 Å². The van der Waals surface area contributed by atoms with E-state index < -0.39 is 93.2 Å². The largest absolute Gasteiger partial charge is 0.483 e. The quantitative estimate of drug-likeness (QED) is 0.0701. The molecule has 4 heterocycles. The molecule has 9 N–H and O–H groups in total. The van der Waals surface area contributed by atoms with Gasteiger partial charge in [-0.15, -0.1) is 13.2 Å². The number of likely N-dealkylation sites (N-methyl/N-ethyl adjacent to an activating group) is 1. The van der Waals surface area contributed by atoms with Crippen LogP contribution >= 0.6 is 0 Å². The van der Waals surface area contributed by atoms with Gasteiger partial charge in [0.05, 0.1) is 18.1 Å². The number of hydrogen-bond donors (Lipinski definition) is 8. The number of carboxylic acid groups (broad SMARTS) is 1. The molecule has 4 aliphatic heterocycles. The molecule has 0 spiro atoms. The second-order valence-corrected chi connectivity index (χ2v) is 28.9. The van der Waals surface area contributed by atoms with E-state index in [1.807, 2.05) is 20.8 Å². The molecule has 0 radical (unpaired) electrons. The zero-order chi connectivity index (χ0) is 64.5. The van der Waals surface area contributed by atoms with Crippen molar-refractivity contribution in [2.75, 3.05) is 53.9 Å². The second kappa shape index (κ2) is 32.4. The lowest BCUT2D eigenvalue weighted by Crippen LogP contribution is -2.60. The van der Waals surface area contributed by atoms with Gasteiger partial charge in [-0.1, -0.05) is 151 Å². The fraction of sp³-hybridized carbons (Fsp3) is 0.770. The normalized spacial score (nSPS) is 28.5. The van der Waals surface area contributed by atoms with Crippen molar-refractivity contribution in [2.24, 2.45) is 45.7 Å². The SMILES string of the molecule is C=CCNC(=O)C(=O)[C@@H]1CCCCCCCCC[C@H](N)C(=O)N2C[C@H]3[C@@H]([C@H]2C(=O)N1)C3(C)C.C=CCNC(=O)C(=O)[C@@H]1CCCCCCCCC[C@H](NC(=O)N[C@H](CN(C)S(=O)(=O)N(C)C)C(C)(C)C)C(=O)N2C[C@H]3[C@@H]([C@H]2C(=O)N1)C3(C)C.O=CO. The van der Waals surface area contributed by atoms with Crippen LogP contribution in [0.3, 0.4) is 0 Å². The Morgan fingerprint density at radius 2 is 1.05 bits per heavy atom. The van der Waals surface area contributed by atoms with Gasteiger partial charge in [-0.2, -0.15) is 17.0 Å². The minimum Gasteiger partial charge on any atom is -0.483 e. The fourth-order valence-corrected chi connectivity index (χ4v) is 13.9. The molecule has 4 saturated heterocycles. The molecule has 6 fully saturated rings. The van der Waals surface area contributed by atoms with Gasteiger partial charge in [-0.25, -0.2) is 4.79 Å². The van der Waals surface area contributed by atoms with Crippen molar-refractivity contribution in [3.63, 3.8) is 0 Å². The predicted octanol–water partition coefficient (Wildman–Crippen LogP) is 3.55. The highest BCUT2D eigenvalue weighted by Gasteiger charge is 2.71. The van der Waals surface area contributed by atoms with Crippen LogP contribution in [-0.4, -0.2) is 188 Å². The monoisotopic (exact) mass is 1230 g/mol. The lowest BCUT2D eigenvalue weighted by atomic mass is 9.86. The van der Waals surface area contributed by atoms with Gasteiger partial charge in [0, 0.05) is 59.9 Å². The average molecular weight is 1230 g/mol. The minimum absolute atomic E-state index is 0.00829. The van der Waals surface area contributed by atoms with E-state index in [1.54, 1.807) is 9.80 Å². The maximum Gasteiger partial charge on any atom is 0.315 e. The van der Waals surface area contributed by atoms with E-state index in [0.29, 0.717) is 51.6 Å². The summed E-state index contributed by atoms with van der Waals surface area (Å²) in [5.41, 5.74) is 5.48. The number of amides is 8. The van der Waals surface area contributed by atoms with E-state index in [1.165, 1.54) is 37.6 Å². The van der Waals surface area contributed by atoms with Crippen LogP contribution in [0.2, 0.25) is 0 Å². The number of carbonyl (C=O) groups is 10. The molecule has 86 heavy (non-hydrogen) atoms. The first kappa shape index (κ1) is 72.7. The van der Waals surface area contributed by atoms with Gasteiger partial charge in [-0.05, 0) is 65.6 Å². The Bertz CT molecular complexity index is 2540. The Morgan fingerprint density at radius 3 is 1.43 bits per heavy atom. The molecular formula is C61H103N11O13S. The van der Waals surface area contributed by atoms with E-state index in [2.05, 4.69) is 72.8 Å². The van der Waals surface area contributed by atoms with Gasteiger partial charge in [0.2, 0.25) is 35.2 Å². The summed E-state index contributed by atoms with van der Waals surface area (Å²) in [6.45, 7) is 22.1. The van der Waals surface area contributed by atoms with Crippen LogP contribution in [0, 0.1) is 39.9 Å². The first-order valence-corrected chi connectivity index (χ1v) is 32.4. The van der Waals surface area contributed by atoms with E-state index in [4.69, 9.17) is 15.6 Å². The van der Waals surface area contributed by atoms with Gasteiger partial charge in [0.15, 0.2) is 0 Å². The molecule has 24 nitrogen and oxygen atoms in total. The molecule has 0 bridgehead atoms. The summed E-state index contributed by atoms with van der Waals surface area (Å²) < 4.78 is 27.8. The van der Waals surface area contributed by atoms with Crippen LogP contribution in [-0.2, 0) is 53.4 Å². The van der Waals surface area contributed by atoms with Crippen molar-refractivity contribution >= 4 is 69.7 Å². The summed E-state index contributed by atoms with van der Waals surface area (Å²) in [5.74, 6) is -4.04. The lowest BCUT2D eigenvalue weighted by Gasteiger charge is -2.36.